The second-order valence-corrected chi connectivity index (χ2v) is 4.06. The summed E-state index contributed by atoms with van der Waals surface area (Å²) in [4.78, 5) is 11.7. The third-order valence-electron chi connectivity index (χ3n) is 2.46. The molecule has 0 aliphatic carbocycles. The number of hydrogen-bond acceptors (Lipinski definition) is 2. The van der Waals surface area contributed by atoms with Crippen LogP contribution in [-0.2, 0) is 4.79 Å². The van der Waals surface area contributed by atoms with E-state index < -0.39 is 0 Å². The maximum atomic E-state index is 11.7. The first-order chi connectivity index (χ1) is 9.24. The Bertz CT molecular complexity index is 501. The number of nitrogens with one attached hydrogen (secondary N) is 3. The van der Waals surface area contributed by atoms with Crippen molar-refractivity contribution in [1.82, 2.24) is 0 Å². The Labute approximate surface area is 112 Å². The first-order valence-electron chi connectivity index (χ1n) is 5.98. The Kier molecular flexibility index (Phi) is 4.29. The quantitative estimate of drug-likeness (QED) is 0.579. The fraction of sp³-hybridized carbons (Fsp3) is 0.0667. The minimum Gasteiger partial charge on any atom is -0.344 e. The molecular formula is C15H15N3O. The maximum Gasteiger partial charge on any atom is 0.231 e. The smallest absolute Gasteiger partial charge is 0.231 e. The minimum atomic E-state index is -0.209. The first-order valence-corrected chi connectivity index (χ1v) is 5.98. The van der Waals surface area contributed by atoms with Gasteiger partial charge < -0.3 is 10.6 Å². The molecule has 0 atom stereocenters. The Balaban J connectivity index is 1.84. The molecule has 4 nitrogen and oxygen atoms in total. The van der Waals surface area contributed by atoms with E-state index in [9.17, 15) is 4.79 Å². The van der Waals surface area contributed by atoms with Crippen molar-refractivity contribution in [3.05, 3.63) is 60.7 Å². The Morgan fingerprint density at radius 1 is 0.842 bits per heavy atom. The van der Waals surface area contributed by atoms with Crippen LogP contribution in [0.4, 0.5) is 11.4 Å². The highest BCUT2D eigenvalue weighted by atomic mass is 16.1. The molecule has 0 heterocycles. The number of amides is 1. The minimum absolute atomic E-state index is 0.0176. The summed E-state index contributed by atoms with van der Waals surface area (Å²) >= 11 is 0. The van der Waals surface area contributed by atoms with Gasteiger partial charge in [-0.05, 0) is 24.3 Å². The second-order valence-electron chi connectivity index (χ2n) is 4.06. The molecule has 0 saturated carbocycles. The largest absolute Gasteiger partial charge is 0.344 e. The number of para-hydroxylation sites is 2. The van der Waals surface area contributed by atoms with Crippen molar-refractivity contribution in [3.8, 4) is 0 Å². The predicted molar refractivity (Wildman–Crippen MR) is 77.5 cm³/mol. The molecule has 2 aromatic rings. The number of carbonyl (C=O) groups is 1. The lowest BCUT2D eigenvalue weighted by Gasteiger charge is -2.08. The fourth-order valence-electron chi connectivity index (χ4n) is 1.63. The summed E-state index contributed by atoms with van der Waals surface area (Å²) in [6.07, 6.45) is 0.0176. The molecule has 0 unspecified atom stereocenters. The van der Waals surface area contributed by atoms with Gasteiger partial charge in [-0.1, -0.05) is 36.4 Å². The van der Waals surface area contributed by atoms with Gasteiger partial charge in [-0.25, -0.2) is 0 Å². The van der Waals surface area contributed by atoms with E-state index >= 15 is 0 Å². The van der Waals surface area contributed by atoms with Crippen molar-refractivity contribution >= 4 is 23.1 Å². The third-order valence-corrected chi connectivity index (χ3v) is 2.46. The molecule has 2 aromatic carbocycles. The molecule has 0 fully saturated rings. The summed E-state index contributed by atoms with van der Waals surface area (Å²) in [5.74, 6) is -0.0423. The van der Waals surface area contributed by atoms with Gasteiger partial charge in [0.15, 0.2) is 0 Å². The van der Waals surface area contributed by atoms with Gasteiger partial charge in [0, 0.05) is 11.4 Å². The van der Waals surface area contributed by atoms with Gasteiger partial charge in [-0.2, -0.15) is 0 Å². The van der Waals surface area contributed by atoms with Gasteiger partial charge in [0.25, 0.3) is 0 Å². The van der Waals surface area contributed by atoms with Crippen LogP contribution in [0.25, 0.3) is 0 Å². The second kappa shape index (κ2) is 6.35. The predicted octanol–water partition coefficient (Wildman–Crippen LogP) is 3.10. The van der Waals surface area contributed by atoms with Crippen molar-refractivity contribution < 1.29 is 4.79 Å². The zero-order valence-corrected chi connectivity index (χ0v) is 10.4. The number of hydrogen-bond donors (Lipinski definition) is 3. The molecule has 0 radical (unpaired) electrons. The molecule has 0 aliphatic heterocycles. The standard InChI is InChI=1S/C15H15N3O/c16-14(17-12-7-3-1-4-8-12)11-15(19)18-13-9-5-2-6-10-13/h1-10H,11H2,(H2,16,17)(H,18,19). The summed E-state index contributed by atoms with van der Waals surface area (Å²) in [5, 5.41) is 13.4. The summed E-state index contributed by atoms with van der Waals surface area (Å²) in [6.45, 7) is 0. The SMILES string of the molecule is N=C(CC(=O)Nc1ccccc1)Nc1ccccc1. The maximum absolute atomic E-state index is 11.7. The zero-order valence-electron chi connectivity index (χ0n) is 10.4. The summed E-state index contributed by atoms with van der Waals surface area (Å²) in [7, 11) is 0. The molecule has 2 rings (SSSR count). The van der Waals surface area contributed by atoms with Crippen LogP contribution in [0.15, 0.2) is 60.7 Å². The van der Waals surface area contributed by atoms with E-state index in [-0.39, 0.29) is 18.2 Å². The van der Waals surface area contributed by atoms with Crippen LogP contribution < -0.4 is 10.6 Å². The van der Waals surface area contributed by atoms with Crippen molar-refractivity contribution in [2.24, 2.45) is 0 Å². The Hall–Kier alpha value is -2.62. The number of anilines is 2. The van der Waals surface area contributed by atoms with E-state index in [4.69, 9.17) is 5.41 Å². The lowest BCUT2D eigenvalue weighted by Crippen LogP contribution is -2.20. The van der Waals surface area contributed by atoms with Gasteiger partial charge in [0.1, 0.15) is 5.84 Å². The highest BCUT2D eigenvalue weighted by Gasteiger charge is 2.06. The monoisotopic (exact) mass is 253 g/mol. The van der Waals surface area contributed by atoms with E-state index in [0.717, 1.165) is 11.4 Å². The first kappa shape index (κ1) is 12.8. The van der Waals surface area contributed by atoms with Gasteiger partial charge in [-0.15, -0.1) is 0 Å². The van der Waals surface area contributed by atoms with Crippen molar-refractivity contribution in [1.29, 1.82) is 5.41 Å². The molecule has 0 aromatic heterocycles. The van der Waals surface area contributed by atoms with Gasteiger partial charge in [-0.3, -0.25) is 10.2 Å². The zero-order chi connectivity index (χ0) is 13.5. The van der Waals surface area contributed by atoms with E-state index in [2.05, 4.69) is 10.6 Å². The van der Waals surface area contributed by atoms with Crippen molar-refractivity contribution in [3.63, 3.8) is 0 Å². The molecule has 4 heteroatoms. The van der Waals surface area contributed by atoms with Gasteiger partial charge in [0.2, 0.25) is 5.91 Å². The van der Waals surface area contributed by atoms with E-state index in [1.54, 1.807) is 0 Å². The highest BCUT2D eigenvalue weighted by Crippen LogP contribution is 2.07. The normalized spacial score (nSPS) is 9.68. The van der Waals surface area contributed by atoms with Gasteiger partial charge in [0.05, 0.1) is 6.42 Å². The van der Waals surface area contributed by atoms with Crippen LogP contribution in [-0.4, -0.2) is 11.7 Å². The molecule has 0 bridgehead atoms. The van der Waals surface area contributed by atoms with Crippen molar-refractivity contribution in [2.75, 3.05) is 10.6 Å². The van der Waals surface area contributed by atoms with E-state index in [1.807, 2.05) is 60.7 Å². The lowest BCUT2D eigenvalue weighted by molar-refractivity contribution is -0.115. The molecule has 1 amide bonds. The van der Waals surface area contributed by atoms with Crippen molar-refractivity contribution in [2.45, 2.75) is 6.42 Å². The summed E-state index contributed by atoms with van der Waals surface area (Å²) in [5.41, 5.74) is 1.54. The van der Waals surface area contributed by atoms with Crippen LogP contribution in [0, 0.1) is 5.41 Å². The summed E-state index contributed by atoms with van der Waals surface area (Å²) < 4.78 is 0. The average Bonchev–Trinajstić information content (AvgIpc) is 2.40. The number of carbonyl (C=O) groups excluding carboxylic acids is 1. The van der Waals surface area contributed by atoms with Crippen LogP contribution in [0.5, 0.6) is 0 Å². The molecule has 96 valence electrons. The lowest BCUT2D eigenvalue weighted by atomic mass is 10.3. The molecular weight excluding hydrogens is 238 g/mol. The van der Waals surface area contributed by atoms with Crippen LogP contribution in [0.3, 0.4) is 0 Å². The van der Waals surface area contributed by atoms with E-state index in [1.165, 1.54) is 0 Å². The summed E-state index contributed by atoms with van der Waals surface area (Å²) in [6, 6.07) is 18.6. The third kappa shape index (κ3) is 4.27. The molecule has 0 aliphatic rings. The molecule has 19 heavy (non-hydrogen) atoms. The van der Waals surface area contributed by atoms with Crippen LogP contribution in [0.1, 0.15) is 6.42 Å². The van der Waals surface area contributed by atoms with Gasteiger partial charge >= 0.3 is 0 Å². The highest BCUT2D eigenvalue weighted by molar-refractivity contribution is 6.09. The molecule has 0 saturated heterocycles. The number of rotatable bonds is 4. The van der Waals surface area contributed by atoms with E-state index in [0.29, 0.717) is 0 Å². The van der Waals surface area contributed by atoms with Crippen LogP contribution in [0.2, 0.25) is 0 Å². The Morgan fingerprint density at radius 3 is 1.84 bits per heavy atom. The average molecular weight is 253 g/mol. The molecule has 0 spiro atoms. The number of amidine groups is 1. The number of benzene rings is 2. The van der Waals surface area contributed by atoms with Crippen LogP contribution >= 0.6 is 0 Å². The Morgan fingerprint density at radius 2 is 1.32 bits per heavy atom. The topological polar surface area (TPSA) is 65.0 Å². The fourth-order valence-corrected chi connectivity index (χ4v) is 1.63. The molecule has 3 N–H and O–H groups in total.